The van der Waals surface area contributed by atoms with Crippen molar-refractivity contribution in [3.05, 3.63) is 96.8 Å². The summed E-state index contributed by atoms with van der Waals surface area (Å²) < 4.78 is 34.6. The number of rotatable bonds is 8. The van der Waals surface area contributed by atoms with Crippen LogP contribution in [0.1, 0.15) is 18.4 Å². The highest BCUT2D eigenvalue weighted by Crippen LogP contribution is 2.30. The van der Waals surface area contributed by atoms with Gasteiger partial charge in [0.05, 0.1) is 17.7 Å². The normalized spacial score (nSPS) is 14.4. The van der Waals surface area contributed by atoms with Gasteiger partial charge in [-0.2, -0.15) is 0 Å². The summed E-state index contributed by atoms with van der Waals surface area (Å²) in [6.45, 7) is 0.957. The molecule has 5 rings (SSSR count). The number of anilines is 1. The van der Waals surface area contributed by atoms with Crippen molar-refractivity contribution in [1.82, 2.24) is 9.88 Å². The van der Waals surface area contributed by atoms with Gasteiger partial charge in [-0.3, -0.25) is 14.1 Å². The Bertz CT molecular complexity index is 1490. The Labute approximate surface area is 223 Å². The van der Waals surface area contributed by atoms with Crippen molar-refractivity contribution >= 4 is 32.4 Å². The number of hydrogen-bond acceptors (Lipinski definition) is 5. The highest BCUT2D eigenvalue weighted by molar-refractivity contribution is 7.93. The highest BCUT2D eigenvalue weighted by atomic mass is 32.2. The van der Waals surface area contributed by atoms with Crippen LogP contribution in [-0.2, 0) is 21.2 Å². The predicted molar refractivity (Wildman–Crippen MR) is 149 cm³/mol. The van der Waals surface area contributed by atoms with Crippen LogP contribution in [0.2, 0.25) is 0 Å². The number of pyridine rings is 1. The number of ether oxygens (including phenoxy) is 1. The second-order valence-corrected chi connectivity index (χ2v) is 11.4. The second kappa shape index (κ2) is 11.2. The van der Waals surface area contributed by atoms with E-state index in [4.69, 9.17) is 4.74 Å². The molecular formula is C30H31N3O4S. The van der Waals surface area contributed by atoms with Crippen LogP contribution in [0.25, 0.3) is 10.8 Å². The molecular weight excluding hydrogens is 498 g/mol. The Kier molecular flexibility index (Phi) is 7.60. The van der Waals surface area contributed by atoms with E-state index in [9.17, 15) is 13.2 Å². The van der Waals surface area contributed by atoms with Gasteiger partial charge in [-0.1, -0.05) is 42.5 Å². The van der Waals surface area contributed by atoms with Crippen LogP contribution in [0.4, 0.5) is 5.69 Å². The molecule has 38 heavy (non-hydrogen) atoms. The van der Waals surface area contributed by atoms with Crippen molar-refractivity contribution in [2.75, 3.05) is 31.0 Å². The molecule has 0 spiro atoms. The number of aromatic nitrogens is 1. The van der Waals surface area contributed by atoms with E-state index in [-0.39, 0.29) is 17.3 Å². The van der Waals surface area contributed by atoms with E-state index in [1.54, 1.807) is 66.9 Å². The molecule has 1 fully saturated rings. The van der Waals surface area contributed by atoms with Crippen molar-refractivity contribution in [2.45, 2.75) is 24.2 Å². The van der Waals surface area contributed by atoms with Crippen LogP contribution in [0.3, 0.4) is 0 Å². The lowest BCUT2D eigenvalue weighted by atomic mass is 9.90. The number of methoxy groups -OCH3 is 1. The van der Waals surface area contributed by atoms with E-state index in [0.29, 0.717) is 35.8 Å². The van der Waals surface area contributed by atoms with Crippen LogP contribution in [-0.4, -0.2) is 51.0 Å². The van der Waals surface area contributed by atoms with E-state index in [1.807, 2.05) is 12.1 Å². The number of nitrogens with zero attached hydrogens (tertiary/aromatic N) is 3. The van der Waals surface area contributed by atoms with Crippen LogP contribution in [0.5, 0.6) is 5.75 Å². The third kappa shape index (κ3) is 5.50. The number of amides is 1. The SMILES string of the molecule is COc1ccc(N(CC(=O)N2CCC(Cc3ccccc3)CC2)S(=O)(=O)c2cccc3cnccc23)cc1. The number of carbonyl (C=O) groups is 1. The van der Waals surface area contributed by atoms with Crippen LogP contribution < -0.4 is 9.04 Å². The summed E-state index contributed by atoms with van der Waals surface area (Å²) in [6.07, 6.45) is 5.99. The largest absolute Gasteiger partial charge is 0.497 e. The first kappa shape index (κ1) is 25.7. The van der Waals surface area contributed by atoms with Crippen molar-refractivity contribution in [3.63, 3.8) is 0 Å². The predicted octanol–water partition coefficient (Wildman–Crippen LogP) is 4.92. The van der Waals surface area contributed by atoms with E-state index in [2.05, 4.69) is 29.2 Å². The molecule has 3 aromatic carbocycles. The molecule has 0 radical (unpaired) electrons. The molecule has 196 valence electrons. The molecule has 0 bridgehead atoms. The van der Waals surface area contributed by atoms with Gasteiger partial charge in [0, 0.05) is 36.3 Å². The smallest absolute Gasteiger partial charge is 0.265 e. The fourth-order valence-electron chi connectivity index (χ4n) is 5.06. The summed E-state index contributed by atoms with van der Waals surface area (Å²) in [5, 5.41) is 1.28. The maximum atomic E-state index is 14.1. The molecule has 1 aromatic heterocycles. The van der Waals surface area contributed by atoms with Gasteiger partial charge in [0.2, 0.25) is 5.91 Å². The number of sulfonamides is 1. The van der Waals surface area contributed by atoms with Gasteiger partial charge < -0.3 is 9.64 Å². The number of piperidine rings is 1. The fourth-order valence-corrected chi connectivity index (χ4v) is 6.69. The zero-order valence-electron chi connectivity index (χ0n) is 21.4. The van der Waals surface area contributed by atoms with Crippen molar-refractivity contribution in [2.24, 2.45) is 5.92 Å². The molecule has 1 saturated heterocycles. The van der Waals surface area contributed by atoms with Crippen molar-refractivity contribution < 1.29 is 17.9 Å². The zero-order chi connectivity index (χ0) is 26.5. The first-order valence-corrected chi connectivity index (χ1v) is 14.2. The summed E-state index contributed by atoms with van der Waals surface area (Å²) in [4.78, 5) is 19.5. The molecule has 1 aliphatic rings. The average Bonchev–Trinajstić information content (AvgIpc) is 2.96. The minimum absolute atomic E-state index is 0.141. The third-order valence-electron chi connectivity index (χ3n) is 7.18. The first-order chi connectivity index (χ1) is 18.5. The standard InChI is InChI=1S/C30H31N3O4S/c1-37-27-12-10-26(11-13-27)33(38(35,36)29-9-5-8-25-21-31-17-14-28(25)29)22-30(34)32-18-15-24(16-19-32)20-23-6-3-2-4-7-23/h2-14,17,21,24H,15-16,18-20,22H2,1H3. The van der Waals surface area contributed by atoms with Gasteiger partial charge in [0.25, 0.3) is 10.0 Å². The number of fused-ring (bicyclic) bond motifs is 1. The van der Waals surface area contributed by atoms with Gasteiger partial charge >= 0.3 is 0 Å². The molecule has 0 unspecified atom stereocenters. The Balaban J connectivity index is 1.38. The monoisotopic (exact) mass is 529 g/mol. The molecule has 4 aromatic rings. The molecule has 0 aliphatic carbocycles. The van der Waals surface area contributed by atoms with E-state index in [1.165, 1.54) is 9.87 Å². The van der Waals surface area contributed by atoms with Crippen LogP contribution in [0.15, 0.2) is 96.2 Å². The first-order valence-electron chi connectivity index (χ1n) is 12.8. The zero-order valence-corrected chi connectivity index (χ0v) is 22.2. The maximum Gasteiger partial charge on any atom is 0.265 e. The number of likely N-dealkylation sites (tertiary alicyclic amines) is 1. The fraction of sp³-hybridized carbons (Fsp3) is 0.267. The minimum atomic E-state index is -4.07. The maximum absolute atomic E-state index is 14.1. The molecule has 1 amide bonds. The van der Waals surface area contributed by atoms with Gasteiger partial charge in [0.15, 0.2) is 0 Å². The topological polar surface area (TPSA) is 79.8 Å². The van der Waals surface area contributed by atoms with Crippen LogP contribution in [0, 0.1) is 5.92 Å². The summed E-state index contributed by atoms with van der Waals surface area (Å²) >= 11 is 0. The molecule has 2 heterocycles. The molecule has 7 nitrogen and oxygen atoms in total. The lowest BCUT2D eigenvalue weighted by Crippen LogP contribution is -2.46. The van der Waals surface area contributed by atoms with Crippen LogP contribution >= 0.6 is 0 Å². The number of benzene rings is 3. The summed E-state index contributed by atoms with van der Waals surface area (Å²) in [5.41, 5.74) is 1.71. The summed E-state index contributed by atoms with van der Waals surface area (Å²) in [7, 11) is -2.51. The molecule has 0 atom stereocenters. The van der Waals surface area contributed by atoms with Gasteiger partial charge in [-0.25, -0.2) is 8.42 Å². The third-order valence-corrected chi connectivity index (χ3v) is 9.01. The Hall–Kier alpha value is -3.91. The summed E-state index contributed by atoms with van der Waals surface area (Å²) in [5.74, 6) is 0.908. The van der Waals surface area contributed by atoms with Crippen molar-refractivity contribution in [1.29, 1.82) is 0 Å². The van der Waals surface area contributed by atoms with E-state index in [0.717, 1.165) is 24.6 Å². The number of carbonyl (C=O) groups excluding carboxylic acids is 1. The molecule has 0 saturated carbocycles. The molecule has 0 N–H and O–H groups in total. The quantitative estimate of drug-likeness (QED) is 0.324. The van der Waals surface area contributed by atoms with E-state index >= 15 is 0 Å². The lowest BCUT2D eigenvalue weighted by molar-refractivity contribution is -0.130. The Morgan fingerprint density at radius 2 is 1.71 bits per heavy atom. The summed E-state index contributed by atoms with van der Waals surface area (Å²) in [6, 6.07) is 23.9. The van der Waals surface area contributed by atoms with Gasteiger partial charge in [0.1, 0.15) is 12.3 Å². The highest BCUT2D eigenvalue weighted by Gasteiger charge is 2.31. The van der Waals surface area contributed by atoms with Gasteiger partial charge in [-0.05, 0) is 67.1 Å². The molecule has 1 aliphatic heterocycles. The average molecular weight is 530 g/mol. The second-order valence-electron chi connectivity index (χ2n) is 9.58. The van der Waals surface area contributed by atoms with E-state index < -0.39 is 10.0 Å². The van der Waals surface area contributed by atoms with Gasteiger partial charge in [-0.15, -0.1) is 0 Å². The Morgan fingerprint density at radius 1 is 0.974 bits per heavy atom. The molecule has 8 heteroatoms. The number of hydrogen-bond donors (Lipinski definition) is 0. The lowest BCUT2D eigenvalue weighted by Gasteiger charge is -2.34. The Morgan fingerprint density at radius 3 is 2.42 bits per heavy atom. The van der Waals surface area contributed by atoms with Crippen molar-refractivity contribution in [3.8, 4) is 5.75 Å². The minimum Gasteiger partial charge on any atom is -0.497 e.